The van der Waals surface area contributed by atoms with Gasteiger partial charge in [-0.25, -0.2) is 4.98 Å². The summed E-state index contributed by atoms with van der Waals surface area (Å²) in [6.07, 6.45) is 7.56. The lowest BCUT2D eigenvalue weighted by molar-refractivity contribution is -0.117. The molecule has 7 nitrogen and oxygen atoms in total. The lowest BCUT2D eigenvalue weighted by Crippen LogP contribution is -2.37. The van der Waals surface area contributed by atoms with Crippen molar-refractivity contribution in [2.24, 2.45) is 0 Å². The molecule has 2 N–H and O–H groups in total. The Morgan fingerprint density at radius 1 is 1.23 bits per heavy atom. The number of carbonyl (C=O) groups excluding carboxylic acids is 1. The minimum absolute atomic E-state index is 0.0552. The quantitative estimate of drug-likeness (QED) is 0.633. The Labute approximate surface area is 179 Å². The molecule has 156 valence electrons. The number of H-pyrrole nitrogens is 1. The molecule has 0 atom stereocenters. The highest BCUT2D eigenvalue weighted by atomic mass is 32.1. The molecule has 0 saturated carbocycles. The Bertz CT molecular complexity index is 1070. The van der Waals surface area contributed by atoms with Gasteiger partial charge in [-0.1, -0.05) is 13.3 Å². The standard InChI is InChI=1S/C22H25N5O2S/c1-2-17-18(24-20(28)13-27-10-4-3-5-11-27)12-16(21(29)25-17)19-14-30-22(26-19)15-6-8-23-9-7-15/h6-9,12,14H,2-5,10-11,13H2,1H3,(H,24,28)(H,25,29). The van der Waals surface area contributed by atoms with E-state index in [0.717, 1.165) is 42.2 Å². The van der Waals surface area contributed by atoms with Crippen molar-refractivity contribution in [3.63, 3.8) is 0 Å². The summed E-state index contributed by atoms with van der Waals surface area (Å²) in [6.45, 7) is 4.25. The zero-order valence-corrected chi connectivity index (χ0v) is 17.8. The summed E-state index contributed by atoms with van der Waals surface area (Å²) in [5.41, 5.74) is 3.18. The van der Waals surface area contributed by atoms with E-state index >= 15 is 0 Å². The van der Waals surface area contributed by atoms with Crippen LogP contribution in [0, 0.1) is 0 Å². The van der Waals surface area contributed by atoms with Crippen LogP contribution >= 0.6 is 11.3 Å². The maximum atomic E-state index is 12.7. The van der Waals surface area contributed by atoms with Gasteiger partial charge in [-0.3, -0.25) is 19.5 Å². The highest BCUT2D eigenvalue weighted by Crippen LogP contribution is 2.28. The fourth-order valence-corrected chi connectivity index (χ4v) is 4.51. The number of anilines is 1. The summed E-state index contributed by atoms with van der Waals surface area (Å²) >= 11 is 1.47. The van der Waals surface area contributed by atoms with Crippen LogP contribution in [0.1, 0.15) is 31.9 Å². The van der Waals surface area contributed by atoms with Crippen molar-refractivity contribution in [2.45, 2.75) is 32.6 Å². The minimum Gasteiger partial charge on any atom is -0.324 e. The molecule has 3 aromatic heterocycles. The van der Waals surface area contributed by atoms with Gasteiger partial charge < -0.3 is 10.3 Å². The first-order chi connectivity index (χ1) is 14.6. The van der Waals surface area contributed by atoms with E-state index in [1.54, 1.807) is 18.5 Å². The number of nitrogens with zero attached hydrogens (tertiary/aromatic N) is 3. The Morgan fingerprint density at radius 2 is 2.00 bits per heavy atom. The molecule has 30 heavy (non-hydrogen) atoms. The number of carbonyl (C=O) groups is 1. The Balaban J connectivity index is 1.58. The monoisotopic (exact) mass is 423 g/mol. The van der Waals surface area contributed by atoms with Gasteiger partial charge in [0.1, 0.15) is 5.01 Å². The third-order valence-corrected chi connectivity index (χ3v) is 6.17. The van der Waals surface area contributed by atoms with Crippen LogP contribution in [0.15, 0.2) is 40.8 Å². The molecule has 1 aliphatic rings. The summed E-state index contributed by atoms with van der Waals surface area (Å²) in [7, 11) is 0. The van der Waals surface area contributed by atoms with Crippen LogP contribution in [-0.4, -0.2) is 45.4 Å². The van der Waals surface area contributed by atoms with Gasteiger partial charge in [-0.15, -0.1) is 11.3 Å². The zero-order valence-electron chi connectivity index (χ0n) is 17.0. The van der Waals surface area contributed by atoms with Gasteiger partial charge in [-0.05, 0) is 50.6 Å². The molecule has 0 aliphatic carbocycles. The zero-order chi connectivity index (χ0) is 20.9. The van der Waals surface area contributed by atoms with E-state index in [1.165, 1.54) is 17.8 Å². The molecule has 1 amide bonds. The molecule has 0 spiro atoms. The number of piperidine rings is 1. The molecule has 0 aromatic carbocycles. The Kier molecular flexibility index (Phi) is 6.35. The van der Waals surface area contributed by atoms with E-state index in [4.69, 9.17) is 0 Å². The number of aromatic amines is 1. The highest BCUT2D eigenvalue weighted by Gasteiger charge is 2.17. The van der Waals surface area contributed by atoms with Crippen LogP contribution in [0.4, 0.5) is 5.69 Å². The summed E-state index contributed by atoms with van der Waals surface area (Å²) in [4.78, 5) is 39.0. The van der Waals surface area contributed by atoms with Gasteiger partial charge >= 0.3 is 0 Å². The molecule has 3 aromatic rings. The molecule has 8 heteroatoms. The van der Waals surface area contributed by atoms with Crippen molar-refractivity contribution in [1.82, 2.24) is 19.9 Å². The van der Waals surface area contributed by atoms with E-state index in [9.17, 15) is 9.59 Å². The molecular weight excluding hydrogens is 398 g/mol. The number of thiazole rings is 1. The van der Waals surface area contributed by atoms with Crippen LogP contribution in [0.2, 0.25) is 0 Å². The minimum atomic E-state index is -0.201. The lowest BCUT2D eigenvalue weighted by Gasteiger charge is -2.25. The average molecular weight is 424 g/mol. The molecule has 4 rings (SSSR count). The van der Waals surface area contributed by atoms with Gasteiger partial charge in [0.05, 0.1) is 23.5 Å². The van der Waals surface area contributed by atoms with E-state index in [1.807, 2.05) is 24.4 Å². The van der Waals surface area contributed by atoms with Gasteiger partial charge in [0.2, 0.25) is 5.91 Å². The smallest absolute Gasteiger partial charge is 0.257 e. The number of pyridine rings is 2. The van der Waals surface area contributed by atoms with Crippen molar-refractivity contribution in [3.8, 4) is 21.8 Å². The van der Waals surface area contributed by atoms with Crippen LogP contribution < -0.4 is 10.9 Å². The molecule has 1 saturated heterocycles. The van der Waals surface area contributed by atoms with Gasteiger partial charge in [0.25, 0.3) is 5.56 Å². The Morgan fingerprint density at radius 3 is 2.73 bits per heavy atom. The predicted molar refractivity (Wildman–Crippen MR) is 120 cm³/mol. The summed E-state index contributed by atoms with van der Waals surface area (Å²) < 4.78 is 0. The van der Waals surface area contributed by atoms with Crippen molar-refractivity contribution < 1.29 is 4.79 Å². The fraction of sp³-hybridized carbons (Fsp3) is 0.364. The molecule has 1 fully saturated rings. The normalized spacial score (nSPS) is 14.6. The number of aromatic nitrogens is 3. The molecular formula is C22H25N5O2S. The van der Waals surface area contributed by atoms with Gasteiger partial charge in [-0.2, -0.15) is 0 Å². The number of hydrogen-bond acceptors (Lipinski definition) is 6. The van der Waals surface area contributed by atoms with E-state index < -0.39 is 0 Å². The second-order valence-electron chi connectivity index (χ2n) is 7.42. The van der Waals surface area contributed by atoms with Gasteiger partial charge in [0, 0.05) is 29.0 Å². The number of hydrogen-bond donors (Lipinski definition) is 2. The molecule has 0 unspecified atom stereocenters. The second kappa shape index (κ2) is 9.32. The summed E-state index contributed by atoms with van der Waals surface area (Å²) in [5, 5.41) is 5.69. The molecule has 4 heterocycles. The third-order valence-electron chi connectivity index (χ3n) is 5.27. The summed E-state index contributed by atoms with van der Waals surface area (Å²) in [5.74, 6) is -0.0552. The number of rotatable bonds is 6. The SMILES string of the molecule is CCc1[nH]c(=O)c(-c2csc(-c3ccncc3)n2)cc1NC(=O)CN1CCCCC1. The Hall–Kier alpha value is -2.84. The maximum absolute atomic E-state index is 12.7. The first-order valence-corrected chi connectivity index (χ1v) is 11.2. The number of amides is 1. The fourth-order valence-electron chi connectivity index (χ4n) is 3.68. The van der Waals surface area contributed by atoms with Crippen LogP contribution in [0.3, 0.4) is 0 Å². The maximum Gasteiger partial charge on any atom is 0.257 e. The van der Waals surface area contributed by atoms with Crippen LogP contribution in [0.5, 0.6) is 0 Å². The van der Waals surface area contributed by atoms with Crippen molar-refractivity contribution in [3.05, 3.63) is 52.0 Å². The first-order valence-electron chi connectivity index (χ1n) is 10.3. The number of aryl methyl sites for hydroxylation is 1. The van der Waals surface area contributed by atoms with E-state index in [-0.39, 0.29) is 11.5 Å². The lowest BCUT2D eigenvalue weighted by atomic mass is 10.1. The highest BCUT2D eigenvalue weighted by molar-refractivity contribution is 7.13. The van der Waals surface area contributed by atoms with Crippen molar-refractivity contribution in [2.75, 3.05) is 25.0 Å². The first kappa shape index (κ1) is 20.4. The van der Waals surface area contributed by atoms with Crippen LogP contribution in [0.25, 0.3) is 21.8 Å². The number of nitrogens with one attached hydrogen (secondary N) is 2. The predicted octanol–water partition coefficient (Wildman–Crippen LogP) is 3.55. The van der Waals surface area contributed by atoms with Crippen LogP contribution in [-0.2, 0) is 11.2 Å². The van der Waals surface area contributed by atoms with E-state index in [0.29, 0.717) is 29.9 Å². The molecule has 0 radical (unpaired) electrons. The third kappa shape index (κ3) is 4.66. The van der Waals surface area contributed by atoms with Crippen molar-refractivity contribution >= 4 is 22.9 Å². The molecule has 1 aliphatic heterocycles. The topological polar surface area (TPSA) is 91.0 Å². The molecule has 0 bridgehead atoms. The second-order valence-corrected chi connectivity index (χ2v) is 8.27. The van der Waals surface area contributed by atoms with E-state index in [2.05, 4.69) is 25.2 Å². The van der Waals surface area contributed by atoms with Gasteiger partial charge in [0.15, 0.2) is 0 Å². The summed E-state index contributed by atoms with van der Waals surface area (Å²) in [6, 6.07) is 5.52. The largest absolute Gasteiger partial charge is 0.324 e. The number of likely N-dealkylation sites (tertiary alicyclic amines) is 1. The average Bonchev–Trinajstić information content (AvgIpc) is 3.26. The van der Waals surface area contributed by atoms with Crippen molar-refractivity contribution in [1.29, 1.82) is 0 Å².